The summed E-state index contributed by atoms with van der Waals surface area (Å²) in [5.41, 5.74) is 0.329. The summed E-state index contributed by atoms with van der Waals surface area (Å²) < 4.78 is 25.7. The molecule has 5 heteroatoms. The van der Waals surface area contributed by atoms with Crippen molar-refractivity contribution in [1.82, 2.24) is 9.71 Å². The van der Waals surface area contributed by atoms with E-state index in [4.69, 9.17) is 0 Å². The SMILES string of the molecule is CC(C)(C)NS(=O)(=O)C=Cc1ccncc1. The maximum Gasteiger partial charge on any atom is 0.234 e. The van der Waals surface area contributed by atoms with Gasteiger partial charge in [-0.3, -0.25) is 4.98 Å². The molecule has 4 nitrogen and oxygen atoms in total. The van der Waals surface area contributed by atoms with Crippen LogP contribution in [0.2, 0.25) is 0 Å². The van der Waals surface area contributed by atoms with Crippen molar-refractivity contribution < 1.29 is 8.42 Å². The number of rotatable bonds is 3. The standard InChI is InChI=1S/C11H16N2O2S/c1-11(2,3)13-16(14,15)9-6-10-4-7-12-8-5-10/h4-9,13H,1-3H3. The molecule has 1 aromatic rings. The second kappa shape index (κ2) is 4.76. The van der Waals surface area contributed by atoms with Crippen LogP contribution in [-0.2, 0) is 10.0 Å². The zero-order valence-electron chi connectivity index (χ0n) is 9.64. The van der Waals surface area contributed by atoms with E-state index in [-0.39, 0.29) is 0 Å². The lowest BCUT2D eigenvalue weighted by atomic mass is 10.1. The Morgan fingerprint density at radius 3 is 2.31 bits per heavy atom. The average molecular weight is 240 g/mol. The summed E-state index contributed by atoms with van der Waals surface area (Å²) in [6, 6.07) is 3.48. The number of hydrogen-bond donors (Lipinski definition) is 1. The van der Waals surface area contributed by atoms with Crippen molar-refractivity contribution in [2.75, 3.05) is 0 Å². The summed E-state index contributed by atoms with van der Waals surface area (Å²) in [6.45, 7) is 5.39. The van der Waals surface area contributed by atoms with E-state index in [2.05, 4.69) is 9.71 Å². The van der Waals surface area contributed by atoms with Gasteiger partial charge in [-0.25, -0.2) is 13.1 Å². The van der Waals surface area contributed by atoms with E-state index in [1.54, 1.807) is 45.3 Å². The quantitative estimate of drug-likeness (QED) is 0.876. The summed E-state index contributed by atoms with van der Waals surface area (Å²) in [7, 11) is -3.39. The van der Waals surface area contributed by atoms with Crippen LogP contribution in [0, 0.1) is 0 Å². The van der Waals surface area contributed by atoms with Crippen molar-refractivity contribution in [3.63, 3.8) is 0 Å². The molecule has 88 valence electrons. The van der Waals surface area contributed by atoms with Crippen LogP contribution in [0.3, 0.4) is 0 Å². The first-order valence-electron chi connectivity index (χ1n) is 4.91. The molecule has 0 aliphatic carbocycles. The van der Waals surface area contributed by atoms with Crippen LogP contribution in [0.5, 0.6) is 0 Å². The van der Waals surface area contributed by atoms with Gasteiger partial charge in [0.15, 0.2) is 0 Å². The van der Waals surface area contributed by atoms with E-state index < -0.39 is 15.6 Å². The molecular formula is C11H16N2O2S. The molecule has 0 aliphatic rings. The second-order valence-corrected chi connectivity index (χ2v) is 6.05. The topological polar surface area (TPSA) is 59.1 Å². The number of sulfonamides is 1. The highest BCUT2D eigenvalue weighted by Gasteiger charge is 2.16. The molecule has 0 bridgehead atoms. The van der Waals surface area contributed by atoms with Gasteiger partial charge in [-0.15, -0.1) is 0 Å². The first-order chi connectivity index (χ1) is 7.29. The van der Waals surface area contributed by atoms with Crippen LogP contribution >= 0.6 is 0 Å². The van der Waals surface area contributed by atoms with Gasteiger partial charge in [-0.1, -0.05) is 0 Å². The normalized spacial score (nSPS) is 13.2. The summed E-state index contributed by atoms with van der Waals surface area (Å²) in [4.78, 5) is 3.85. The van der Waals surface area contributed by atoms with Gasteiger partial charge < -0.3 is 0 Å². The number of aromatic nitrogens is 1. The fourth-order valence-electron chi connectivity index (χ4n) is 1.10. The molecule has 0 saturated heterocycles. The van der Waals surface area contributed by atoms with Gasteiger partial charge in [0.05, 0.1) is 0 Å². The van der Waals surface area contributed by atoms with Gasteiger partial charge in [0, 0.05) is 23.3 Å². The molecule has 16 heavy (non-hydrogen) atoms. The number of nitrogens with one attached hydrogen (secondary N) is 1. The highest BCUT2D eigenvalue weighted by Crippen LogP contribution is 2.05. The smallest absolute Gasteiger partial charge is 0.234 e. The molecule has 0 aliphatic heterocycles. The molecule has 0 unspecified atom stereocenters. The molecule has 1 aromatic heterocycles. The van der Waals surface area contributed by atoms with Crippen LogP contribution in [-0.4, -0.2) is 18.9 Å². The Morgan fingerprint density at radius 1 is 1.25 bits per heavy atom. The summed E-state index contributed by atoms with van der Waals surface area (Å²) in [5.74, 6) is 0. The number of nitrogens with zero attached hydrogens (tertiary/aromatic N) is 1. The van der Waals surface area contributed by atoms with Crippen LogP contribution in [0.4, 0.5) is 0 Å². The van der Waals surface area contributed by atoms with Crippen LogP contribution < -0.4 is 4.72 Å². The van der Waals surface area contributed by atoms with Gasteiger partial charge in [0.25, 0.3) is 0 Å². The van der Waals surface area contributed by atoms with E-state index >= 15 is 0 Å². The fourth-order valence-corrected chi connectivity index (χ4v) is 2.36. The predicted octanol–water partition coefficient (Wildman–Crippen LogP) is 1.77. The van der Waals surface area contributed by atoms with Gasteiger partial charge in [0.2, 0.25) is 10.0 Å². The lowest BCUT2D eigenvalue weighted by molar-refractivity contribution is 0.497. The fraction of sp³-hybridized carbons (Fsp3) is 0.364. The van der Waals surface area contributed by atoms with Gasteiger partial charge in [-0.2, -0.15) is 0 Å². The summed E-state index contributed by atoms with van der Waals surface area (Å²) >= 11 is 0. The Labute approximate surface area is 96.5 Å². The third-order valence-corrected chi connectivity index (χ3v) is 2.99. The molecule has 0 spiro atoms. The summed E-state index contributed by atoms with van der Waals surface area (Å²) in [6.07, 6.45) is 4.77. The van der Waals surface area contributed by atoms with Gasteiger partial charge in [0.1, 0.15) is 0 Å². The second-order valence-electron chi connectivity index (χ2n) is 4.48. The molecule has 0 atom stereocenters. The highest BCUT2D eigenvalue weighted by atomic mass is 32.2. The van der Waals surface area contributed by atoms with Crippen LogP contribution in [0.15, 0.2) is 29.9 Å². The van der Waals surface area contributed by atoms with E-state index in [0.717, 1.165) is 11.0 Å². The maximum absolute atomic E-state index is 11.6. The molecular weight excluding hydrogens is 224 g/mol. The van der Waals surface area contributed by atoms with Crippen molar-refractivity contribution >= 4 is 16.1 Å². The van der Waals surface area contributed by atoms with Gasteiger partial charge >= 0.3 is 0 Å². The lowest BCUT2D eigenvalue weighted by Gasteiger charge is -2.18. The predicted molar refractivity (Wildman–Crippen MR) is 65.1 cm³/mol. The zero-order chi connectivity index (χ0) is 12.2. The van der Waals surface area contributed by atoms with E-state index in [1.807, 2.05) is 0 Å². The van der Waals surface area contributed by atoms with Crippen LogP contribution in [0.25, 0.3) is 6.08 Å². The maximum atomic E-state index is 11.6. The van der Waals surface area contributed by atoms with E-state index in [9.17, 15) is 8.42 Å². The molecule has 1 heterocycles. The Hall–Kier alpha value is -1.20. The van der Waals surface area contributed by atoms with Crippen molar-refractivity contribution in [1.29, 1.82) is 0 Å². The third kappa shape index (κ3) is 5.04. The largest absolute Gasteiger partial charge is 0.265 e. The third-order valence-electron chi connectivity index (χ3n) is 1.59. The molecule has 1 N–H and O–H groups in total. The highest BCUT2D eigenvalue weighted by molar-refractivity contribution is 7.92. The van der Waals surface area contributed by atoms with Crippen LogP contribution in [0.1, 0.15) is 26.3 Å². The van der Waals surface area contributed by atoms with E-state index in [0.29, 0.717) is 0 Å². The molecule has 0 amide bonds. The van der Waals surface area contributed by atoms with Gasteiger partial charge in [-0.05, 0) is 44.5 Å². The number of hydrogen-bond acceptors (Lipinski definition) is 3. The molecule has 1 rings (SSSR count). The Kier molecular flexibility index (Phi) is 3.83. The minimum atomic E-state index is -3.39. The number of pyridine rings is 1. The molecule has 0 radical (unpaired) electrons. The molecule has 0 aromatic carbocycles. The molecule has 0 saturated carbocycles. The Balaban J connectivity index is 2.78. The minimum absolute atomic E-state index is 0.471. The van der Waals surface area contributed by atoms with E-state index in [1.165, 1.54) is 6.08 Å². The van der Waals surface area contributed by atoms with Crippen molar-refractivity contribution in [2.45, 2.75) is 26.3 Å². The average Bonchev–Trinajstić information content (AvgIpc) is 2.13. The first-order valence-corrected chi connectivity index (χ1v) is 6.45. The summed E-state index contributed by atoms with van der Waals surface area (Å²) in [5, 5.41) is 1.16. The molecule has 0 fully saturated rings. The monoisotopic (exact) mass is 240 g/mol. The first kappa shape index (κ1) is 12.9. The Morgan fingerprint density at radius 2 is 1.81 bits per heavy atom. The Bertz CT molecular complexity index is 459. The van der Waals surface area contributed by atoms with Crippen molar-refractivity contribution in [2.24, 2.45) is 0 Å². The van der Waals surface area contributed by atoms with Crippen molar-refractivity contribution in [3.8, 4) is 0 Å². The minimum Gasteiger partial charge on any atom is -0.265 e. The lowest BCUT2D eigenvalue weighted by Crippen LogP contribution is -2.39. The van der Waals surface area contributed by atoms with Crippen molar-refractivity contribution in [3.05, 3.63) is 35.5 Å². The zero-order valence-corrected chi connectivity index (χ0v) is 10.5.